The number of fused-ring (bicyclic) bond motifs is 2. The topological polar surface area (TPSA) is 50.2 Å². The van der Waals surface area contributed by atoms with Crippen LogP contribution in [0.2, 0.25) is 5.02 Å². The van der Waals surface area contributed by atoms with E-state index < -0.39 is 5.97 Å². The third-order valence-corrected chi connectivity index (χ3v) is 3.94. The van der Waals surface area contributed by atoms with E-state index in [0.29, 0.717) is 5.02 Å². The van der Waals surface area contributed by atoms with Crippen LogP contribution in [0.15, 0.2) is 12.1 Å². The van der Waals surface area contributed by atoms with Gasteiger partial charge in [0.1, 0.15) is 0 Å². The van der Waals surface area contributed by atoms with E-state index in [2.05, 4.69) is 0 Å². The Bertz CT molecular complexity index is 694. The standard InChI is InChI=1S/C15H14ClNO2/c1-8-5-9(16)6-12-11(7-14(18)19)10-3-2-4-13(10)17-15(8)12/h5-6H,2-4,7H2,1H3,(H,18,19). The molecule has 4 heteroatoms. The van der Waals surface area contributed by atoms with Gasteiger partial charge in [-0.3, -0.25) is 9.78 Å². The van der Waals surface area contributed by atoms with Gasteiger partial charge < -0.3 is 5.11 Å². The van der Waals surface area contributed by atoms with Gasteiger partial charge in [-0.1, -0.05) is 11.6 Å². The Kier molecular flexibility index (Phi) is 2.94. The molecule has 3 nitrogen and oxygen atoms in total. The highest BCUT2D eigenvalue weighted by Crippen LogP contribution is 2.33. The van der Waals surface area contributed by atoms with Crippen molar-refractivity contribution in [1.29, 1.82) is 0 Å². The number of carboxylic acids is 1. The largest absolute Gasteiger partial charge is 0.481 e. The van der Waals surface area contributed by atoms with E-state index in [0.717, 1.165) is 52.5 Å². The van der Waals surface area contributed by atoms with Crippen LogP contribution in [0.25, 0.3) is 10.9 Å². The van der Waals surface area contributed by atoms with Gasteiger partial charge in [0, 0.05) is 16.1 Å². The van der Waals surface area contributed by atoms with Crippen molar-refractivity contribution in [3.8, 4) is 0 Å². The molecule has 0 radical (unpaired) electrons. The fourth-order valence-electron chi connectivity index (χ4n) is 2.94. The van der Waals surface area contributed by atoms with Crippen molar-refractivity contribution in [2.75, 3.05) is 0 Å². The van der Waals surface area contributed by atoms with Gasteiger partial charge in [-0.05, 0) is 55.0 Å². The molecule has 1 aromatic heterocycles. The Morgan fingerprint density at radius 2 is 2.21 bits per heavy atom. The highest BCUT2D eigenvalue weighted by atomic mass is 35.5. The number of benzene rings is 1. The second-order valence-electron chi connectivity index (χ2n) is 5.06. The fraction of sp³-hybridized carbons (Fsp3) is 0.333. The van der Waals surface area contributed by atoms with Gasteiger partial charge in [-0.2, -0.15) is 0 Å². The first-order chi connectivity index (χ1) is 9.06. The van der Waals surface area contributed by atoms with Crippen molar-refractivity contribution in [3.05, 3.63) is 39.5 Å². The quantitative estimate of drug-likeness (QED) is 0.915. The molecule has 0 saturated heterocycles. The number of pyridine rings is 1. The van der Waals surface area contributed by atoms with Gasteiger partial charge >= 0.3 is 5.97 Å². The molecule has 0 unspecified atom stereocenters. The summed E-state index contributed by atoms with van der Waals surface area (Å²) in [5.41, 5.74) is 4.98. The average Bonchev–Trinajstić information content (AvgIpc) is 2.77. The highest BCUT2D eigenvalue weighted by molar-refractivity contribution is 6.31. The number of rotatable bonds is 2. The van der Waals surface area contributed by atoms with E-state index in [9.17, 15) is 4.79 Å². The second-order valence-corrected chi connectivity index (χ2v) is 5.49. The third-order valence-electron chi connectivity index (χ3n) is 3.72. The Morgan fingerprint density at radius 1 is 1.42 bits per heavy atom. The minimum atomic E-state index is -0.806. The SMILES string of the molecule is Cc1cc(Cl)cc2c(CC(=O)O)c3c(nc12)CCC3. The van der Waals surface area contributed by atoms with Crippen molar-refractivity contribution in [1.82, 2.24) is 4.98 Å². The summed E-state index contributed by atoms with van der Waals surface area (Å²) in [6.45, 7) is 1.97. The van der Waals surface area contributed by atoms with E-state index in [4.69, 9.17) is 21.7 Å². The fourth-order valence-corrected chi connectivity index (χ4v) is 3.21. The maximum atomic E-state index is 11.1. The Labute approximate surface area is 116 Å². The van der Waals surface area contributed by atoms with E-state index in [1.165, 1.54) is 0 Å². The molecule has 0 saturated carbocycles. The predicted octanol–water partition coefficient (Wildman–Crippen LogP) is 3.31. The molecule has 0 fully saturated rings. The molecule has 0 atom stereocenters. The number of aryl methyl sites for hydroxylation is 2. The van der Waals surface area contributed by atoms with Crippen molar-refractivity contribution in [2.24, 2.45) is 0 Å². The number of halogens is 1. The molecular formula is C15H14ClNO2. The summed E-state index contributed by atoms with van der Waals surface area (Å²) in [4.78, 5) is 15.8. The highest BCUT2D eigenvalue weighted by Gasteiger charge is 2.21. The molecule has 1 N–H and O–H groups in total. The molecule has 98 valence electrons. The predicted molar refractivity (Wildman–Crippen MR) is 74.9 cm³/mol. The number of aromatic nitrogens is 1. The minimum Gasteiger partial charge on any atom is -0.481 e. The molecule has 0 bridgehead atoms. The van der Waals surface area contributed by atoms with Crippen LogP contribution in [0.5, 0.6) is 0 Å². The monoisotopic (exact) mass is 275 g/mol. The zero-order valence-electron chi connectivity index (χ0n) is 10.7. The summed E-state index contributed by atoms with van der Waals surface area (Å²) in [5, 5.41) is 10.7. The van der Waals surface area contributed by atoms with E-state index in [-0.39, 0.29) is 6.42 Å². The second kappa shape index (κ2) is 4.49. The summed E-state index contributed by atoms with van der Waals surface area (Å²) in [5.74, 6) is -0.806. The minimum absolute atomic E-state index is 0.0428. The molecule has 19 heavy (non-hydrogen) atoms. The molecule has 1 aliphatic carbocycles. The van der Waals surface area contributed by atoms with Crippen molar-refractivity contribution in [2.45, 2.75) is 32.6 Å². The van der Waals surface area contributed by atoms with Gasteiger partial charge in [0.25, 0.3) is 0 Å². The van der Waals surface area contributed by atoms with Crippen LogP contribution in [0.3, 0.4) is 0 Å². The van der Waals surface area contributed by atoms with Crippen LogP contribution < -0.4 is 0 Å². The summed E-state index contributed by atoms with van der Waals surface area (Å²) in [6, 6.07) is 3.72. The number of nitrogens with zero attached hydrogens (tertiary/aromatic N) is 1. The number of hydrogen-bond acceptors (Lipinski definition) is 2. The molecule has 3 rings (SSSR count). The summed E-state index contributed by atoms with van der Waals surface area (Å²) >= 11 is 6.11. The van der Waals surface area contributed by atoms with Crippen LogP contribution in [-0.4, -0.2) is 16.1 Å². The van der Waals surface area contributed by atoms with Gasteiger partial charge in [-0.25, -0.2) is 0 Å². The van der Waals surface area contributed by atoms with Crippen LogP contribution >= 0.6 is 11.6 Å². The average molecular weight is 276 g/mol. The lowest BCUT2D eigenvalue weighted by Gasteiger charge is -2.12. The first kappa shape index (κ1) is 12.4. The van der Waals surface area contributed by atoms with E-state index in [1.807, 2.05) is 19.1 Å². The van der Waals surface area contributed by atoms with Gasteiger partial charge in [-0.15, -0.1) is 0 Å². The molecule has 0 aliphatic heterocycles. The lowest BCUT2D eigenvalue weighted by atomic mass is 9.97. The van der Waals surface area contributed by atoms with E-state index in [1.54, 1.807) is 0 Å². The third kappa shape index (κ3) is 2.08. The normalized spacial score (nSPS) is 13.8. The Morgan fingerprint density at radius 3 is 2.95 bits per heavy atom. The molecule has 1 heterocycles. The Balaban J connectivity index is 2.37. The summed E-state index contributed by atoms with van der Waals surface area (Å²) < 4.78 is 0. The molecule has 1 aromatic carbocycles. The first-order valence-corrected chi connectivity index (χ1v) is 6.76. The smallest absolute Gasteiger partial charge is 0.307 e. The molecule has 0 amide bonds. The zero-order chi connectivity index (χ0) is 13.6. The number of carboxylic acid groups (broad SMARTS) is 1. The lowest BCUT2D eigenvalue weighted by molar-refractivity contribution is -0.136. The van der Waals surface area contributed by atoms with Crippen LogP contribution in [-0.2, 0) is 24.1 Å². The van der Waals surface area contributed by atoms with Crippen molar-refractivity contribution >= 4 is 28.5 Å². The summed E-state index contributed by atoms with van der Waals surface area (Å²) in [7, 11) is 0. The van der Waals surface area contributed by atoms with Crippen molar-refractivity contribution in [3.63, 3.8) is 0 Å². The van der Waals surface area contributed by atoms with Gasteiger partial charge in [0.15, 0.2) is 0 Å². The lowest BCUT2D eigenvalue weighted by Crippen LogP contribution is -2.06. The molecule has 1 aliphatic rings. The Hall–Kier alpha value is -1.61. The maximum Gasteiger partial charge on any atom is 0.307 e. The zero-order valence-corrected chi connectivity index (χ0v) is 11.4. The van der Waals surface area contributed by atoms with Crippen molar-refractivity contribution < 1.29 is 9.90 Å². The van der Waals surface area contributed by atoms with Gasteiger partial charge in [0.2, 0.25) is 0 Å². The first-order valence-electron chi connectivity index (χ1n) is 6.38. The van der Waals surface area contributed by atoms with Crippen LogP contribution in [0, 0.1) is 6.92 Å². The summed E-state index contributed by atoms with van der Waals surface area (Å²) in [6.07, 6.45) is 2.96. The maximum absolute atomic E-state index is 11.1. The number of aliphatic carboxylic acids is 1. The molecule has 0 spiro atoms. The molecular weight excluding hydrogens is 262 g/mol. The van der Waals surface area contributed by atoms with Gasteiger partial charge in [0.05, 0.1) is 11.9 Å². The van der Waals surface area contributed by atoms with E-state index >= 15 is 0 Å². The van der Waals surface area contributed by atoms with Crippen LogP contribution in [0.4, 0.5) is 0 Å². The number of hydrogen-bond donors (Lipinski definition) is 1. The number of carbonyl (C=O) groups is 1. The molecule has 2 aromatic rings. The van der Waals surface area contributed by atoms with Crippen LogP contribution in [0.1, 0.15) is 28.8 Å².